The average molecular weight is 247 g/mol. The number of aliphatic hydroxyl groups excluding tert-OH is 1. The first-order valence-electron chi connectivity index (χ1n) is 4.96. The molecule has 1 heterocycles. The van der Waals surface area contributed by atoms with Gasteiger partial charge in [-0.25, -0.2) is 0 Å². The van der Waals surface area contributed by atoms with E-state index in [1.165, 1.54) is 0 Å². The minimum atomic E-state index is -0.104. The number of ether oxygens (including phenoxy) is 1. The molecule has 0 fully saturated rings. The van der Waals surface area contributed by atoms with Crippen LogP contribution in [0.4, 0.5) is 5.95 Å². The highest BCUT2D eigenvalue weighted by molar-refractivity contribution is 6.28. The summed E-state index contributed by atoms with van der Waals surface area (Å²) in [6.45, 7) is 4.14. The van der Waals surface area contributed by atoms with Crippen LogP contribution < -0.4 is 9.64 Å². The van der Waals surface area contributed by atoms with Crippen molar-refractivity contribution >= 4 is 17.5 Å². The van der Waals surface area contributed by atoms with Gasteiger partial charge in [-0.1, -0.05) is 0 Å². The quantitative estimate of drug-likeness (QED) is 0.826. The first kappa shape index (κ1) is 12.9. The van der Waals surface area contributed by atoms with E-state index in [0.717, 1.165) is 0 Å². The number of halogens is 1. The van der Waals surface area contributed by atoms with Gasteiger partial charge < -0.3 is 14.7 Å². The van der Waals surface area contributed by atoms with Crippen molar-refractivity contribution in [3.63, 3.8) is 0 Å². The molecule has 0 saturated carbocycles. The maximum Gasteiger partial charge on any atom is 0.322 e. The van der Waals surface area contributed by atoms with Crippen molar-refractivity contribution < 1.29 is 9.84 Å². The standard InChI is InChI=1S/C9H15ClN4O2/c1-4-16-9-12-7(10)11-8(13-9)14(3)6(2)5-15/h6,15H,4-5H2,1-3H3. The van der Waals surface area contributed by atoms with E-state index in [-0.39, 0.29) is 23.9 Å². The van der Waals surface area contributed by atoms with Gasteiger partial charge in [-0.2, -0.15) is 15.0 Å². The molecule has 7 heteroatoms. The molecular formula is C9H15ClN4O2. The van der Waals surface area contributed by atoms with E-state index in [9.17, 15) is 0 Å². The van der Waals surface area contributed by atoms with Crippen LogP contribution in [0, 0.1) is 0 Å². The lowest BCUT2D eigenvalue weighted by Crippen LogP contribution is -2.33. The second-order valence-corrected chi connectivity index (χ2v) is 3.60. The van der Waals surface area contributed by atoms with Crippen LogP contribution in [0.25, 0.3) is 0 Å². The van der Waals surface area contributed by atoms with Gasteiger partial charge in [0.1, 0.15) is 0 Å². The molecule has 0 saturated heterocycles. The van der Waals surface area contributed by atoms with Gasteiger partial charge in [0.15, 0.2) is 0 Å². The van der Waals surface area contributed by atoms with E-state index in [1.807, 2.05) is 13.8 Å². The first-order valence-corrected chi connectivity index (χ1v) is 5.34. The normalized spacial score (nSPS) is 12.3. The molecule has 6 nitrogen and oxygen atoms in total. The average Bonchev–Trinajstić information content (AvgIpc) is 2.26. The minimum absolute atomic E-state index is 0.00374. The third-order valence-corrected chi connectivity index (χ3v) is 2.26. The van der Waals surface area contributed by atoms with Crippen LogP contribution in [-0.4, -0.2) is 46.4 Å². The van der Waals surface area contributed by atoms with Crippen molar-refractivity contribution in [1.29, 1.82) is 0 Å². The predicted octanol–water partition coefficient (Wildman–Crippen LogP) is 0.741. The molecule has 0 aromatic carbocycles. The van der Waals surface area contributed by atoms with E-state index in [1.54, 1.807) is 11.9 Å². The zero-order valence-corrected chi connectivity index (χ0v) is 10.3. The van der Waals surface area contributed by atoms with Gasteiger partial charge in [0.25, 0.3) is 0 Å². The van der Waals surface area contributed by atoms with Gasteiger partial charge in [-0.15, -0.1) is 0 Å². The molecule has 1 atom stereocenters. The largest absolute Gasteiger partial charge is 0.464 e. The molecule has 90 valence electrons. The molecule has 1 rings (SSSR count). The molecule has 1 aromatic heterocycles. The van der Waals surface area contributed by atoms with Crippen molar-refractivity contribution in [3.8, 4) is 6.01 Å². The summed E-state index contributed by atoms with van der Waals surface area (Å²) in [6, 6.07) is 0.0856. The van der Waals surface area contributed by atoms with Crippen molar-refractivity contribution in [2.24, 2.45) is 0 Å². The fourth-order valence-electron chi connectivity index (χ4n) is 0.993. The third kappa shape index (κ3) is 3.18. The Hall–Kier alpha value is -1.14. The SMILES string of the molecule is CCOc1nc(Cl)nc(N(C)C(C)CO)n1. The van der Waals surface area contributed by atoms with Crippen LogP contribution in [0.2, 0.25) is 5.28 Å². The van der Waals surface area contributed by atoms with Crippen molar-refractivity contribution in [3.05, 3.63) is 5.28 Å². The Morgan fingerprint density at radius 3 is 2.69 bits per heavy atom. The molecule has 0 bridgehead atoms. The highest BCUT2D eigenvalue weighted by Gasteiger charge is 2.14. The number of aliphatic hydroxyl groups is 1. The first-order chi connectivity index (χ1) is 7.58. The molecule has 1 N–H and O–H groups in total. The fourth-order valence-corrected chi connectivity index (χ4v) is 1.14. The lowest BCUT2D eigenvalue weighted by molar-refractivity contribution is 0.268. The van der Waals surface area contributed by atoms with E-state index >= 15 is 0 Å². The summed E-state index contributed by atoms with van der Waals surface area (Å²) in [7, 11) is 1.77. The minimum Gasteiger partial charge on any atom is -0.464 e. The van der Waals surface area contributed by atoms with Gasteiger partial charge in [-0.3, -0.25) is 0 Å². The smallest absolute Gasteiger partial charge is 0.322 e. The topological polar surface area (TPSA) is 71.4 Å². The second kappa shape index (κ2) is 5.81. The number of hydrogen-bond donors (Lipinski definition) is 1. The Morgan fingerprint density at radius 1 is 1.44 bits per heavy atom. The van der Waals surface area contributed by atoms with E-state index < -0.39 is 0 Å². The highest BCUT2D eigenvalue weighted by Crippen LogP contribution is 2.15. The maximum atomic E-state index is 9.03. The van der Waals surface area contributed by atoms with Crippen molar-refractivity contribution in [2.45, 2.75) is 19.9 Å². The fraction of sp³-hybridized carbons (Fsp3) is 0.667. The van der Waals surface area contributed by atoms with E-state index in [0.29, 0.717) is 12.6 Å². The Labute approximate surface area is 99.3 Å². The summed E-state index contributed by atoms with van der Waals surface area (Å²) in [4.78, 5) is 13.6. The van der Waals surface area contributed by atoms with Crippen LogP contribution in [-0.2, 0) is 0 Å². The summed E-state index contributed by atoms with van der Waals surface area (Å²) in [6.07, 6.45) is 0. The van der Waals surface area contributed by atoms with Gasteiger partial charge in [0.2, 0.25) is 11.2 Å². The Bertz CT molecular complexity index is 350. The second-order valence-electron chi connectivity index (χ2n) is 3.26. The number of aromatic nitrogens is 3. The zero-order chi connectivity index (χ0) is 12.1. The Kier molecular flexibility index (Phi) is 4.70. The number of likely N-dealkylation sites (N-methyl/N-ethyl adjacent to an activating group) is 1. The molecule has 0 spiro atoms. The zero-order valence-electron chi connectivity index (χ0n) is 9.51. The number of rotatable bonds is 5. The van der Waals surface area contributed by atoms with Gasteiger partial charge in [0.05, 0.1) is 19.3 Å². The molecule has 0 amide bonds. The molecule has 1 aromatic rings. The molecule has 1 unspecified atom stereocenters. The third-order valence-electron chi connectivity index (χ3n) is 2.09. The molecule has 0 radical (unpaired) electrons. The van der Waals surface area contributed by atoms with Crippen LogP contribution >= 0.6 is 11.6 Å². The Morgan fingerprint density at radius 2 is 2.12 bits per heavy atom. The number of nitrogens with zero attached hydrogens (tertiary/aromatic N) is 4. The molecule has 0 aliphatic carbocycles. The van der Waals surface area contributed by atoms with Crippen LogP contribution in [0.3, 0.4) is 0 Å². The predicted molar refractivity (Wildman–Crippen MR) is 61.0 cm³/mol. The van der Waals surface area contributed by atoms with Gasteiger partial charge >= 0.3 is 6.01 Å². The van der Waals surface area contributed by atoms with Gasteiger partial charge in [-0.05, 0) is 25.4 Å². The van der Waals surface area contributed by atoms with E-state index in [4.69, 9.17) is 21.4 Å². The van der Waals surface area contributed by atoms with Gasteiger partial charge in [0, 0.05) is 7.05 Å². The summed E-state index contributed by atoms with van der Waals surface area (Å²) in [5, 5.41) is 9.11. The lowest BCUT2D eigenvalue weighted by atomic mass is 10.3. The molecule has 16 heavy (non-hydrogen) atoms. The maximum absolute atomic E-state index is 9.03. The van der Waals surface area contributed by atoms with Crippen LogP contribution in [0.1, 0.15) is 13.8 Å². The number of anilines is 1. The summed E-state index contributed by atoms with van der Waals surface area (Å²) >= 11 is 5.75. The van der Waals surface area contributed by atoms with Crippen LogP contribution in [0.5, 0.6) is 6.01 Å². The van der Waals surface area contributed by atoms with E-state index in [2.05, 4.69) is 15.0 Å². The van der Waals surface area contributed by atoms with Crippen molar-refractivity contribution in [1.82, 2.24) is 15.0 Å². The van der Waals surface area contributed by atoms with Crippen LogP contribution in [0.15, 0.2) is 0 Å². The molecular weight excluding hydrogens is 232 g/mol. The van der Waals surface area contributed by atoms with Crippen molar-refractivity contribution in [2.75, 3.05) is 25.2 Å². The number of hydrogen-bond acceptors (Lipinski definition) is 6. The summed E-state index contributed by atoms with van der Waals surface area (Å²) in [5.74, 6) is 0.380. The highest BCUT2D eigenvalue weighted by atomic mass is 35.5. The summed E-state index contributed by atoms with van der Waals surface area (Å²) in [5.41, 5.74) is 0. The monoisotopic (exact) mass is 246 g/mol. The lowest BCUT2D eigenvalue weighted by Gasteiger charge is -2.22. The molecule has 0 aliphatic heterocycles. The Balaban J connectivity index is 2.94. The summed E-state index contributed by atoms with van der Waals surface area (Å²) < 4.78 is 5.16. The molecule has 0 aliphatic rings.